The van der Waals surface area contributed by atoms with Crippen LogP contribution in [0.5, 0.6) is 0 Å². The van der Waals surface area contributed by atoms with E-state index in [-0.39, 0.29) is 0 Å². The van der Waals surface area contributed by atoms with Crippen molar-refractivity contribution in [2.45, 2.75) is 0 Å². The van der Waals surface area contributed by atoms with Crippen LogP contribution in [0.15, 0.2) is 0 Å². The number of rotatable bonds is 1. The highest BCUT2D eigenvalue weighted by atomic mass is 16.7. The zero-order chi connectivity index (χ0) is 7.44. The van der Waals surface area contributed by atoms with Crippen molar-refractivity contribution in [2.24, 2.45) is 0 Å². The first-order valence-electron chi connectivity index (χ1n) is 1.66. The number of nitro groups is 1. The third-order valence-electron chi connectivity index (χ3n) is 0.439. The standard InChI is InChI=1S/C2HN3O4/c3-1-4(2(6)7)5(8)9/h(H,6,7). The summed E-state index contributed by atoms with van der Waals surface area (Å²) in [7, 11) is 0. The number of nitrogens with zero attached hydrogens (tertiary/aromatic N) is 3. The lowest BCUT2D eigenvalue weighted by Crippen LogP contribution is -2.29. The molecular weight excluding hydrogens is 130 g/mol. The molecule has 0 unspecified atom stereocenters. The van der Waals surface area contributed by atoms with Crippen molar-refractivity contribution in [3.8, 4) is 6.19 Å². The summed E-state index contributed by atoms with van der Waals surface area (Å²) in [5.41, 5.74) is 0. The van der Waals surface area contributed by atoms with Crippen LogP contribution in [0.1, 0.15) is 0 Å². The van der Waals surface area contributed by atoms with Gasteiger partial charge in [-0.3, -0.25) is 0 Å². The van der Waals surface area contributed by atoms with Crippen molar-refractivity contribution in [3.63, 3.8) is 0 Å². The quantitative estimate of drug-likeness (QED) is 0.226. The molecule has 0 rings (SSSR count). The number of hydrazine groups is 1. The first-order chi connectivity index (χ1) is 4.09. The molecule has 0 spiro atoms. The molecule has 1 N–H and O–H groups in total. The van der Waals surface area contributed by atoms with Crippen LogP contribution in [0.25, 0.3) is 0 Å². The number of hydrogen-bond donors (Lipinski definition) is 1. The molecule has 0 aliphatic rings. The molecule has 0 fully saturated rings. The third-order valence-corrected chi connectivity index (χ3v) is 0.439. The topological polar surface area (TPSA) is 107 Å². The highest BCUT2D eigenvalue weighted by molar-refractivity contribution is 5.64. The third kappa shape index (κ3) is 1.60. The van der Waals surface area contributed by atoms with Crippen LogP contribution in [0.3, 0.4) is 0 Å². The molecule has 0 aliphatic carbocycles. The van der Waals surface area contributed by atoms with E-state index < -0.39 is 16.1 Å². The smallest absolute Gasteiger partial charge is 0.460 e. The molecule has 0 radical (unpaired) electrons. The molecule has 0 aromatic rings. The van der Waals surface area contributed by atoms with Gasteiger partial charge >= 0.3 is 6.09 Å². The molecule has 48 valence electrons. The molecule has 1 amide bonds. The number of hydrogen-bond acceptors (Lipinski definition) is 4. The van der Waals surface area contributed by atoms with E-state index in [1.807, 2.05) is 0 Å². The van der Waals surface area contributed by atoms with Gasteiger partial charge in [0, 0.05) is 0 Å². The summed E-state index contributed by atoms with van der Waals surface area (Å²) < 4.78 is 0. The van der Waals surface area contributed by atoms with E-state index in [9.17, 15) is 14.9 Å². The van der Waals surface area contributed by atoms with Gasteiger partial charge in [-0.25, -0.2) is 14.9 Å². The van der Waals surface area contributed by atoms with E-state index in [2.05, 4.69) is 0 Å². The molecule has 7 nitrogen and oxygen atoms in total. The molecule has 0 aromatic heterocycles. The number of carbonyl (C=O) groups is 1. The van der Waals surface area contributed by atoms with Gasteiger partial charge in [0.2, 0.25) is 0 Å². The normalized spacial score (nSPS) is 7.44. The van der Waals surface area contributed by atoms with Crippen LogP contribution in [0, 0.1) is 21.6 Å². The molecule has 0 saturated heterocycles. The van der Waals surface area contributed by atoms with Gasteiger partial charge in [0.15, 0.2) is 5.03 Å². The second-order valence-corrected chi connectivity index (χ2v) is 0.932. The molecule has 0 saturated carbocycles. The van der Waals surface area contributed by atoms with Gasteiger partial charge in [0.1, 0.15) is 0 Å². The first-order valence-corrected chi connectivity index (χ1v) is 1.66. The van der Waals surface area contributed by atoms with Crippen molar-refractivity contribution >= 4 is 6.09 Å². The summed E-state index contributed by atoms with van der Waals surface area (Å²) in [5, 5.41) is 23.1. The number of nitriles is 1. The Bertz CT molecular complexity index is 167. The maximum Gasteiger partial charge on any atom is 0.481 e. The van der Waals surface area contributed by atoms with E-state index in [0.717, 1.165) is 6.19 Å². The van der Waals surface area contributed by atoms with E-state index >= 15 is 0 Å². The molecule has 9 heavy (non-hydrogen) atoms. The highest BCUT2D eigenvalue weighted by Crippen LogP contribution is 1.83. The van der Waals surface area contributed by atoms with Gasteiger partial charge in [-0.05, 0) is 0 Å². The maximum absolute atomic E-state index is 9.63. The van der Waals surface area contributed by atoms with Crippen LogP contribution in [-0.4, -0.2) is 21.2 Å². The average Bonchev–Trinajstić information content (AvgIpc) is 1.64. The molecule has 0 aliphatic heterocycles. The SMILES string of the molecule is N#CN(C(=O)O)[N+](=O)[O-]. The molecule has 0 aromatic carbocycles. The summed E-state index contributed by atoms with van der Waals surface area (Å²) in [6.45, 7) is 0. The lowest BCUT2D eigenvalue weighted by Gasteiger charge is -1.93. The number of amides is 1. The van der Waals surface area contributed by atoms with Crippen molar-refractivity contribution in [2.75, 3.05) is 0 Å². The fourth-order valence-corrected chi connectivity index (χ4v) is 0.149. The van der Waals surface area contributed by atoms with E-state index in [1.165, 1.54) is 0 Å². The van der Waals surface area contributed by atoms with Gasteiger partial charge in [-0.1, -0.05) is 0 Å². The lowest BCUT2D eigenvalue weighted by molar-refractivity contribution is -0.616. The van der Waals surface area contributed by atoms with Crippen LogP contribution in [0.4, 0.5) is 4.79 Å². The first kappa shape index (κ1) is 7.16. The summed E-state index contributed by atoms with van der Waals surface area (Å²) >= 11 is 0. The zero-order valence-electron chi connectivity index (χ0n) is 4.01. The van der Waals surface area contributed by atoms with Crippen molar-refractivity contribution in [3.05, 3.63) is 10.1 Å². The molecule has 0 bridgehead atoms. The molecular formula is C2HN3O4. The van der Waals surface area contributed by atoms with Crippen molar-refractivity contribution < 1.29 is 14.9 Å². The Labute approximate surface area is 48.8 Å². The summed E-state index contributed by atoms with van der Waals surface area (Å²) in [6.07, 6.45) is -1.06. The van der Waals surface area contributed by atoms with Crippen LogP contribution >= 0.6 is 0 Å². The highest BCUT2D eigenvalue weighted by Gasteiger charge is 2.22. The Kier molecular flexibility index (Phi) is 1.96. The second-order valence-electron chi connectivity index (χ2n) is 0.932. The van der Waals surface area contributed by atoms with Gasteiger partial charge in [0.25, 0.3) is 6.19 Å². The van der Waals surface area contributed by atoms with Crippen LogP contribution < -0.4 is 0 Å². The van der Waals surface area contributed by atoms with E-state index in [4.69, 9.17) is 10.4 Å². The maximum atomic E-state index is 9.63. The van der Waals surface area contributed by atoms with Crippen LogP contribution in [-0.2, 0) is 0 Å². The Morgan fingerprint density at radius 3 is 2.33 bits per heavy atom. The fourth-order valence-electron chi connectivity index (χ4n) is 0.149. The minimum atomic E-state index is -1.90. The lowest BCUT2D eigenvalue weighted by atomic mass is 11.0. The number of carboxylic acid groups (broad SMARTS) is 1. The zero-order valence-corrected chi connectivity index (χ0v) is 4.01. The van der Waals surface area contributed by atoms with Gasteiger partial charge in [0.05, 0.1) is 5.01 Å². The van der Waals surface area contributed by atoms with Crippen LogP contribution in [0.2, 0.25) is 0 Å². The Balaban J connectivity index is 4.22. The molecule has 0 heterocycles. The molecule has 7 heteroatoms. The van der Waals surface area contributed by atoms with Gasteiger partial charge in [-0.2, -0.15) is 5.26 Å². The van der Waals surface area contributed by atoms with E-state index in [0.29, 0.717) is 0 Å². The van der Waals surface area contributed by atoms with Gasteiger partial charge in [-0.15, -0.1) is 0 Å². The summed E-state index contributed by atoms with van der Waals surface area (Å²) in [4.78, 5) is 19.1. The fraction of sp³-hybridized carbons (Fsp3) is 0. The van der Waals surface area contributed by atoms with Gasteiger partial charge < -0.3 is 5.11 Å². The van der Waals surface area contributed by atoms with Crippen molar-refractivity contribution in [1.82, 2.24) is 5.01 Å². The second kappa shape index (κ2) is 2.46. The van der Waals surface area contributed by atoms with E-state index in [1.54, 1.807) is 0 Å². The predicted octanol–water partition coefficient (Wildman–Crippen LogP) is -0.361. The minimum absolute atomic E-state index is 0.597. The monoisotopic (exact) mass is 131 g/mol. The molecule has 0 atom stereocenters. The largest absolute Gasteiger partial charge is 0.481 e. The Morgan fingerprint density at radius 2 is 2.33 bits per heavy atom. The van der Waals surface area contributed by atoms with Crippen molar-refractivity contribution in [1.29, 1.82) is 5.26 Å². The summed E-state index contributed by atoms with van der Waals surface area (Å²) in [5.74, 6) is 0. The summed E-state index contributed by atoms with van der Waals surface area (Å²) in [6, 6.07) is 0. The minimum Gasteiger partial charge on any atom is -0.460 e. The predicted molar refractivity (Wildman–Crippen MR) is 22.5 cm³/mol. The Morgan fingerprint density at radius 1 is 1.89 bits per heavy atom. The average molecular weight is 131 g/mol. The Hall–Kier alpha value is -1.84.